The number of aryl methyl sites for hydroxylation is 2. The maximum atomic E-state index is 5.57. The Balaban J connectivity index is 3.05. The van der Waals surface area contributed by atoms with Crippen LogP contribution in [0.2, 0.25) is 0 Å². The fraction of sp³-hybridized carbons (Fsp3) is 0.636. The number of nitrogens with two attached hydrogens (primary N) is 1. The van der Waals surface area contributed by atoms with E-state index in [4.69, 9.17) is 5.73 Å². The van der Waals surface area contributed by atoms with Gasteiger partial charge < -0.3 is 5.73 Å². The average Bonchev–Trinajstić information content (AvgIpc) is 2.02. The van der Waals surface area contributed by atoms with Crippen molar-refractivity contribution in [2.24, 2.45) is 5.73 Å². The zero-order valence-corrected chi connectivity index (χ0v) is 9.46. The smallest absolute Gasteiger partial charge is 0.134 e. The summed E-state index contributed by atoms with van der Waals surface area (Å²) in [6.45, 7) is 8.93. The first kappa shape index (κ1) is 11.1. The maximum Gasteiger partial charge on any atom is 0.134 e. The third kappa shape index (κ3) is 2.51. The number of hydrogen-bond donors (Lipinski definition) is 1. The van der Waals surface area contributed by atoms with Gasteiger partial charge in [-0.05, 0) is 32.9 Å². The largest absolute Gasteiger partial charge is 0.330 e. The molecule has 1 aromatic heterocycles. The van der Waals surface area contributed by atoms with E-state index in [1.807, 2.05) is 19.9 Å². The van der Waals surface area contributed by atoms with Crippen LogP contribution in [-0.4, -0.2) is 16.5 Å². The van der Waals surface area contributed by atoms with E-state index in [1.165, 1.54) is 0 Å². The number of hydrogen-bond acceptors (Lipinski definition) is 3. The molecule has 0 aliphatic rings. The van der Waals surface area contributed by atoms with Crippen molar-refractivity contribution >= 4 is 0 Å². The highest BCUT2D eigenvalue weighted by atomic mass is 14.9. The van der Waals surface area contributed by atoms with Crippen LogP contribution in [0, 0.1) is 13.8 Å². The number of rotatable bonds is 3. The first-order valence-electron chi connectivity index (χ1n) is 4.98. The third-order valence-electron chi connectivity index (χ3n) is 2.36. The fourth-order valence-corrected chi connectivity index (χ4v) is 1.50. The van der Waals surface area contributed by atoms with Crippen molar-refractivity contribution in [1.29, 1.82) is 0 Å². The van der Waals surface area contributed by atoms with E-state index in [-0.39, 0.29) is 5.41 Å². The zero-order valence-electron chi connectivity index (χ0n) is 9.46. The van der Waals surface area contributed by atoms with Crippen LogP contribution in [0.3, 0.4) is 0 Å². The van der Waals surface area contributed by atoms with Gasteiger partial charge in [-0.15, -0.1) is 0 Å². The molecule has 0 bridgehead atoms. The average molecular weight is 193 g/mol. The molecular weight excluding hydrogens is 174 g/mol. The van der Waals surface area contributed by atoms with Crippen molar-refractivity contribution in [2.75, 3.05) is 6.54 Å². The third-order valence-corrected chi connectivity index (χ3v) is 2.36. The summed E-state index contributed by atoms with van der Waals surface area (Å²) in [6, 6.07) is 1.99. The van der Waals surface area contributed by atoms with Gasteiger partial charge in [0.05, 0.1) is 0 Å². The molecule has 0 atom stereocenters. The molecule has 3 heteroatoms. The zero-order chi connectivity index (χ0) is 10.8. The minimum Gasteiger partial charge on any atom is -0.330 e. The van der Waals surface area contributed by atoms with Gasteiger partial charge in [0.15, 0.2) is 0 Å². The van der Waals surface area contributed by atoms with Gasteiger partial charge in [-0.1, -0.05) is 13.8 Å². The van der Waals surface area contributed by atoms with Gasteiger partial charge in [-0.3, -0.25) is 0 Å². The highest BCUT2D eigenvalue weighted by molar-refractivity contribution is 5.13. The van der Waals surface area contributed by atoms with Crippen LogP contribution in [0.5, 0.6) is 0 Å². The Morgan fingerprint density at radius 2 is 1.71 bits per heavy atom. The van der Waals surface area contributed by atoms with Gasteiger partial charge in [0.1, 0.15) is 5.82 Å². The first-order valence-corrected chi connectivity index (χ1v) is 4.98. The van der Waals surface area contributed by atoms with Crippen LogP contribution in [0.25, 0.3) is 0 Å². The summed E-state index contributed by atoms with van der Waals surface area (Å²) < 4.78 is 0. The first-order chi connectivity index (χ1) is 6.45. The van der Waals surface area contributed by atoms with Crippen LogP contribution in [0.4, 0.5) is 0 Å². The molecule has 0 saturated heterocycles. The Kier molecular flexibility index (Phi) is 3.21. The second-order valence-corrected chi connectivity index (χ2v) is 4.40. The second kappa shape index (κ2) is 4.05. The molecule has 0 aromatic carbocycles. The van der Waals surface area contributed by atoms with Crippen LogP contribution < -0.4 is 5.73 Å². The van der Waals surface area contributed by atoms with Crippen molar-refractivity contribution < 1.29 is 0 Å². The van der Waals surface area contributed by atoms with E-state index in [0.717, 1.165) is 23.6 Å². The summed E-state index contributed by atoms with van der Waals surface area (Å²) in [6.07, 6.45) is 0.913. The predicted octanol–water partition coefficient (Wildman–Crippen LogP) is 1.72. The minimum atomic E-state index is -0.0223. The molecule has 1 aromatic rings. The van der Waals surface area contributed by atoms with Crippen molar-refractivity contribution in [1.82, 2.24) is 9.97 Å². The molecule has 0 spiro atoms. The molecule has 0 saturated carbocycles. The number of aromatic nitrogens is 2. The lowest BCUT2D eigenvalue weighted by atomic mass is 9.88. The minimum absolute atomic E-state index is 0.0223. The van der Waals surface area contributed by atoms with Crippen LogP contribution in [0.1, 0.15) is 37.5 Å². The molecule has 0 amide bonds. The van der Waals surface area contributed by atoms with E-state index < -0.39 is 0 Å². The van der Waals surface area contributed by atoms with Gasteiger partial charge in [0.25, 0.3) is 0 Å². The van der Waals surface area contributed by atoms with E-state index in [2.05, 4.69) is 23.8 Å². The lowest BCUT2D eigenvalue weighted by Gasteiger charge is -2.22. The Morgan fingerprint density at radius 3 is 2.14 bits per heavy atom. The monoisotopic (exact) mass is 193 g/mol. The molecule has 0 radical (unpaired) electrons. The number of nitrogens with zero attached hydrogens (tertiary/aromatic N) is 2. The van der Waals surface area contributed by atoms with E-state index in [1.54, 1.807) is 0 Å². The van der Waals surface area contributed by atoms with Gasteiger partial charge >= 0.3 is 0 Å². The molecule has 0 aliphatic heterocycles. The molecule has 0 fully saturated rings. The van der Waals surface area contributed by atoms with E-state index in [9.17, 15) is 0 Å². The summed E-state index contributed by atoms with van der Waals surface area (Å²) in [5.41, 5.74) is 7.60. The van der Waals surface area contributed by atoms with Crippen LogP contribution in [-0.2, 0) is 5.41 Å². The van der Waals surface area contributed by atoms with E-state index >= 15 is 0 Å². The Labute approximate surface area is 85.8 Å². The quantitative estimate of drug-likeness (QED) is 0.795. The molecule has 1 heterocycles. The standard InChI is InChI=1S/C11H19N3/c1-8-7-9(2)14-10(13-8)11(3,4)5-6-12/h7H,5-6,12H2,1-4H3. The Hall–Kier alpha value is -0.960. The maximum absolute atomic E-state index is 5.57. The normalized spacial score (nSPS) is 11.8. The van der Waals surface area contributed by atoms with Crippen molar-refractivity contribution in [3.63, 3.8) is 0 Å². The van der Waals surface area contributed by atoms with Crippen molar-refractivity contribution in [2.45, 2.75) is 39.5 Å². The summed E-state index contributed by atoms with van der Waals surface area (Å²) in [7, 11) is 0. The van der Waals surface area contributed by atoms with Gasteiger partial charge in [-0.25, -0.2) is 9.97 Å². The van der Waals surface area contributed by atoms with Gasteiger partial charge in [0, 0.05) is 16.8 Å². The van der Waals surface area contributed by atoms with Crippen LogP contribution in [0.15, 0.2) is 6.07 Å². The predicted molar refractivity (Wildman–Crippen MR) is 58.2 cm³/mol. The molecule has 14 heavy (non-hydrogen) atoms. The summed E-state index contributed by atoms with van der Waals surface area (Å²) >= 11 is 0. The van der Waals surface area contributed by atoms with Gasteiger partial charge in [0.2, 0.25) is 0 Å². The molecule has 0 unspecified atom stereocenters. The van der Waals surface area contributed by atoms with E-state index in [0.29, 0.717) is 6.54 Å². The summed E-state index contributed by atoms with van der Waals surface area (Å²) in [5, 5.41) is 0. The fourth-order valence-electron chi connectivity index (χ4n) is 1.50. The Morgan fingerprint density at radius 1 is 1.21 bits per heavy atom. The molecule has 0 aliphatic carbocycles. The highest BCUT2D eigenvalue weighted by Crippen LogP contribution is 2.23. The molecule has 1 rings (SSSR count). The lowest BCUT2D eigenvalue weighted by Crippen LogP contribution is -2.25. The van der Waals surface area contributed by atoms with Gasteiger partial charge in [-0.2, -0.15) is 0 Å². The summed E-state index contributed by atoms with van der Waals surface area (Å²) in [4.78, 5) is 8.92. The molecular formula is C11H19N3. The lowest BCUT2D eigenvalue weighted by molar-refractivity contribution is 0.454. The second-order valence-electron chi connectivity index (χ2n) is 4.40. The molecule has 2 N–H and O–H groups in total. The molecule has 78 valence electrons. The van der Waals surface area contributed by atoms with Crippen LogP contribution >= 0.6 is 0 Å². The molecule has 3 nitrogen and oxygen atoms in total. The Bertz CT molecular complexity index is 298. The summed E-state index contributed by atoms with van der Waals surface area (Å²) in [5.74, 6) is 0.903. The van der Waals surface area contributed by atoms with Crippen molar-refractivity contribution in [3.8, 4) is 0 Å². The van der Waals surface area contributed by atoms with Crippen molar-refractivity contribution in [3.05, 3.63) is 23.3 Å². The SMILES string of the molecule is Cc1cc(C)nc(C(C)(C)CCN)n1. The topological polar surface area (TPSA) is 51.8 Å². The highest BCUT2D eigenvalue weighted by Gasteiger charge is 2.23.